The zero-order valence-electron chi connectivity index (χ0n) is 13.6. The first-order valence-corrected chi connectivity index (χ1v) is 8.43. The Hall–Kier alpha value is -0.870. The van der Waals surface area contributed by atoms with Gasteiger partial charge in [-0.2, -0.15) is 0 Å². The minimum absolute atomic E-state index is 0.103. The lowest BCUT2D eigenvalue weighted by Crippen LogP contribution is -2.19. The van der Waals surface area contributed by atoms with Gasteiger partial charge in [0.05, 0.1) is 6.61 Å². The van der Waals surface area contributed by atoms with Crippen LogP contribution >= 0.6 is 0 Å². The molecule has 0 aliphatic rings. The smallest absolute Gasteiger partial charge is 0.306 e. The van der Waals surface area contributed by atoms with Gasteiger partial charge in [0.15, 0.2) is 0 Å². The maximum atomic E-state index is 11.4. The second kappa shape index (κ2) is 17.2. The molecule has 0 saturated heterocycles. The Morgan fingerprint density at radius 2 is 1.86 bits per heavy atom. The molecular formula is C17H33NO3. The van der Waals surface area contributed by atoms with Crippen LogP contribution in [0.25, 0.3) is 0 Å². The quantitative estimate of drug-likeness (QED) is 0.277. The van der Waals surface area contributed by atoms with E-state index in [1.54, 1.807) is 0 Å². The third-order valence-electron chi connectivity index (χ3n) is 3.25. The van der Waals surface area contributed by atoms with Crippen LogP contribution in [0.2, 0.25) is 0 Å². The highest BCUT2D eigenvalue weighted by Crippen LogP contribution is 2.03. The van der Waals surface area contributed by atoms with Crippen LogP contribution in [0.4, 0.5) is 0 Å². The fraction of sp³-hybridized carbons (Fsp3) is 0.824. The van der Waals surface area contributed by atoms with E-state index in [0.717, 1.165) is 32.2 Å². The number of carbonyl (C=O) groups is 1. The van der Waals surface area contributed by atoms with Crippen molar-refractivity contribution in [2.75, 3.05) is 26.3 Å². The first-order valence-electron chi connectivity index (χ1n) is 8.43. The topological polar surface area (TPSA) is 58.6 Å². The molecular weight excluding hydrogens is 266 g/mol. The average molecular weight is 299 g/mol. The minimum atomic E-state index is -0.103. The van der Waals surface area contributed by atoms with Crippen LogP contribution in [0.1, 0.15) is 64.7 Å². The van der Waals surface area contributed by atoms with Crippen molar-refractivity contribution < 1.29 is 14.6 Å². The highest BCUT2D eigenvalue weighted by Gasteiger charge is 2.00. The Bertz CT molecular complexity index is 254. The van der Waals surface area contributed by atoms with E-state index in [1.165, 1.54) is 25.7 Å². The highest BCUT2D eigenvalue weighted by molar-refractivity contribution is 5.69. The summed E-state index contributed by atoms with van der Waals surface area (Å²) >= 11 is 0. The molecule has 0 aromatic heterocycles. The number of carbonyl (C=O) groups excluding carboxylic acids is 1. The summed E-state index contributed by atoms with van der Waals surface area (Å²) in [7, 11) is 0. The number of esters is 1. The summed E-state index contributed by atoms with van der Waals surface area (Å²) in [6.07, 6.45) is 13.6. The third kappa shape index (κ3) is 17.1. The number of hydrogen-bond donors (Lipinski definition) is 2. The van der Waals surface area contributed by atoms with Crippen molar-refractivity contribution in [3.63, 3.8) is 0 Å². The predicted molar refractivity (Wildman–Crippen MR) is 87.3 cm³/mol. The fourth-order valence-electron chi connectivity index (χ4n) is 1.99. The average Bonchev–Trinajstić information content (AvgIpc) is 2.49. The van der Waals surface area contributed by atoms with Gasteiger partial charge in [0.2, 0.25) is 0 Å². The van der Waals surface area contributed by atoms with Crippen LogP contribution in [-0.2, 0) is 9.53 Å². The summed E-state index contributed by atoms with van der Waals surface area (Å²) < 4.78 is 5.14. The van der Waals surface area contributed by atoms with Crippen molar-refractivity contribution >= 4 is 5.97 Å². The third-order valence-corrected chi connectivity index (χ3v) is 3.25. The monoisotopic (exact) mass is 299 g/mol. The lowest BCUT2D eigenvalue weighted by Gasteiger charge is -2.03. The molecule has 4 heteroatoms. The number of unbranched alkanes of at least 4 members (excludes halogenated alkanes) is 6. The fourth-order valence-corrected chi connectivity index (χ4v) is 1.99. The lowest BCUT2D eigenvalue weighted by molar-refractivity contribution is -0.142. The van der Waals surface area contributed by atoms with Crippen LogP contribution < -0.4 is 5.32 Å². The van der Waals surface area contributed by atoms with Crippen LogP contribution in [-0.4, -0.2) is 37.4 Å². The number of allylic oxidation sites excluding steroid dienone is 1. The van der Waals surface area contributed by atoms with Crippen molar-refractivity contribution in [2.24, 2.45) is 0 Å². The molecule has 0 heterocycles. The molecule has 0 radical (unpaired) electrons. The first kappa shape index (κ1) is 20.1. The summed E-state index contributed by atoms with van der Waals surface area (Å²) in [6.45, 7) is 4.34. The number of aliphatic hydroxyl groups excluding tert-OH is 1. The summed E-state index contributed by atoms with van der Waals surface area (Å²) in [4.78, 5) is 11.4. The molecule has 0 amide bonds. The molecule has 4 nitrogen and oxygen atoms in total. The number of aliphatic hydroxyl groups is 1. The van der Waals surface area contributed by atoms with Crippen LogP contribution in [0.5, 0.6) is 0 Å². The number of nitrogens with one attached hydrogen (secondary N) is 1. The van der Waals surface area contributed by atoms with Crippen LogP contribution in [0.3, 0.4) is 0 Å². The Labute approximate surface area is 130 Å². The molecule has 0 spiro atoms. The van der Waals surface area contributed by atoms with Crippen molar-refractivity contribution in [1.29, 1.82) is 0 Å². The van der Waals surface area contributed by atoms with E-state index in [9.17, 15) is 4.79 Å². The van der Waals surface area contributed by atoms with E-state index in [1.807, 2.05) is 6.08 Å². The van der Waals surface area contributed by atoms with Crippen LogP contribution in [0, 0.1) is 0 Å². The van der Waals surface area contributed by atoms with E-state index >= 15 is 0 Å². The molecule has 21 heavy (non-hydrogen) atoms. The Morgan fingerprint density at radius 1 is 1.05 bits per heavy atom. The molecule has 0 bridgehead atoms. The molecule has 0 rings (SSSR count). The Balaban J connectivity index is 3.24. The van der Waals surface area contributed by atoms with Crippen molar-refractivity contribution in [2.45, 2.75) is 64.7 Å². The van der Waals surface area contributed by atoms with Gasteiger partial charge in [-0.3, -0.25) is 4.79 Å². The zero-order valence-corrected chi connectivity index (χ0v) is 13.6. The predicted octanol–water partition coefficient (Wildman–Crippen LogP) is 3.20. The molecule has 0 atom stereocenters. The summed E-state index contributed by atoms with van der Waals surface area (Å²) in [5.74, 6) is -0.103. The zero-order chi connectivity index (χ0) is 15.6. The standard InChI is InChI=1S/C17H33NO3/c1-2-3-4-5-6-7-11-16-21-17(20)12-9-8-10-13-18-14-15-19/h7,11,18-19H,2-6,8-10,12-16H2,1H3/b11-7-. The van der Waals surface area contributed by atoms with Gasteiger partial charge in [-0.1, -0.05) is 44.8 Å². The highest BCUT2D eigenvalue weighted by atomic mass is 16.5. The molecule has 0 aliphatic carbocycles. The van der Waals surface area contributed by atoms with Gasteiger partial charge >= 0.3 is 5.97 Å². The van der Waals surface area contributed by atoms with E-state index in [2.05, 4.69) is 18.3 Å². The molecule has 0 aliphatic heterocycles. The van der Waals surface area contributed by atoms with Gasteiger partial charge in [-0.15, -0.1) is 0 Å². The number of hydrogen-bond acceptors (Lipinski definition) is 4. The maximum Gasteiger partial charge on any atom is 0.306 e. The van der Waals surface area contributed by atoms with E-state index in [4.69, 9.17) is 9.84 Å². The maximum absolute atomic E-state index is 11.4. The Kier molecular flexibility index (Phi) is 16.5. The molecule has 0 aromatic carbocycles. The van der Waals surface area contributed by atoms with Crippen molar-refractivity contribution in [3.8, 4) is 0 Å². The van der Waals surface area contributed by atoms with Gasteiger partial charge in [-0.05, 0) is 32.2 Å². The first-order chi connectivity index (χ1) is 10.3. The van der Waals surface area contributed by atoms with Gasteiger partial charge in [0.1, 0.15) is 6.61 Å². The molecule has 0 fully saturated rings. The van der Waals surface area contributed by atoms with Gasteiger partial charge in [-0.25, -0.2) is 0 Å². The van der Waals surface area contributed by atoms with Gasteiger partial charge in [0, 0.05) is 13.0 Å². The molecule has 0 aromatic rings. The normalized spacial score (nSPS) is 11.1. The van der Waals surface area contributed by atoms with E-state index < -0.39 is 0 Å². The number of ether oxygens (including phenoxy) is 1. The van der Waals surface area contributed by atoms with E-state index in [0.29, 0.717) is 19.6 Å². The van der Waals surface area contributed by atoms with E-state index in [-0.39, 0.29) is 12.6 Å². The van der Waals surface area contributed by atoms with Crippen molar-refractivity contribution in [1.82, 2.24) is 5.32 Å². The molecule has 0 unspecified atom stereocenters. The molecule has 0 saturated carbocycles. The Morgan fingerprint density at radius 3 is 2.62 bits per heavy atom. The second-order valence-corrected chi connectivity index (χ2v) is 5.29. The van der Waals surface area contributed by atoms with Gasteiger partial charge in [0.25, 0.3) is 0 Å². The minimum Gasteiger partial charge on any atom is -0.461 e. The largest absolute Gasteiger partial charge is 0.461 e. The van der Waals surface area contributed by atoms with Crippen molar-refractivity contribution in [3.05, 3.63) is 12.2 Å². The summed E-state index contributed by atoms with van der Waals surface area (Å²) in [6, 6.07) is 0. The SMILES string of the molecule is CCCCCC/C=C\COC(=O)CCCCCNCCO. The van der Waals surface area contributed by atoms with Gasteiger partial charge < -0.3 is 15.2 Å². The molecule has 124 valence electrons. The summed E-state index contributed by atoms with van der Waals surface area (Å²) in [5.41, 5.74) is 0. The summed E-state index contributed by atoms with van der Waals surface area (Å²) in [5, 5.41) is 11.7. The molecule has 2 N–H and O–H groups in total. The second-order valence-electron chi connectivity index (χ2n) is 5.29. The van der Waals surface area contributed by atoms with Crippen LogP contribution in [0.15, 0.2) is 12.2 Å². The lowest BCUT2D eigenvalue weighted by atomic mass is 10.1. The number of rotatable bonds is 15.